The molecule has 0 bridgehead atoms. The number of hydrogen-bond donors (Lipinski definition) is 1. The number of allylic oxidation sites excluding steroid dienone is 1. The second kappa shape index (κ2) is 9.39. The highest BCUT2D eigenvalue weighted by molar-refractivity contribution is 6.13. The van der Waals surface area contributed by atoms with E-state index in [1.807, 2.05) is 5.32 Å². The SMILES string of the molecule is CC1(C)CC(=O)C2=C(C1)N(Cc1cccnc1)C(=O)[C@@]2(NC(=O)CCC1CCCCC1)C(F)(F)F. The molecule has 0 saturated heterocycles. The van der Waals surface area contributed by atoms with Gasteiger partial charge in [-0.1, -0.05) is 52.0 Å². The Bertz CT molecular complexity index is 1030. The summed E-state index contributed by atoms with van der Waals surface area (Å²) in [4.78, 5) is 44.7. The van der Waals surface area contributed by atoms with Gasteiger partial charge in [-0.25, -0.2) is 0 Å². The number of Topliss-reactive ketones (excluding diaryl/α,β-unsaturated/α-hetero) is 1. The van der Waals surface area contributed by atoms with Crippen molar-refractivity contribution in [3.63, 3.8) is 0 Å². The second-order valence-electron chi connectivity index (χ2n) is 10.9. The van der Waals surface area contributed by atoms with Gasteiger partial charge in [0.15, 0.2) is 5.78 Å². The van der Waals surface area contributed by atoms with E-state index in [0.29, 0.717) is 17.9 Å². The summed E-state index contributed by atoms with van der Waals surface area (Å²) in [5.41, 5.74) is -4.02. The molecule has 0 unspecified atom stereocenters. The Labute approximate surface area is 203 Å². The van der Waals surface area contributed by atoms with Crippen LogP contribution in [0.2, 0.25) is 0 Å². The van der Waals surface area contributed by atoms with Crippen LogP contribution in [0, 0.1) is 11.3 Å². The van der Waals surface area contributed by atoms with E-state index in [-0.39, 0.29) is 31.5 Å². The van der Waals surface area contributed by atoms with Crippen LogP contribution in [0.1, 0.15) is 77.2 Å². The van der Waals surface area contributed by atoms with Crippen molar-refractivity contribution in [2.24, 2.45) is 11.3 Å². The molecule has 190 valence electrons. The Morgan fingerprint density at radius 1 is 1.17 bits per heavy atom. The molecule has 1 N–H and O–H groups in total. The largest absolute Gasteiger partial charge is 0.425 e. The summed E-state index contributed by atoms with van der Waals surface area (Å²) in [5.74, 6) is -2.63. The Hall–Kier alpha value is -2.71. The van der Waals surface area contributed by atoms with Crippen molar-refractivity contribution in [1.29, 1.82) is 0 Å². The highest BCUT2D eigenvalue weighted by Gasteiger charge is 2.71. The number of carbonyl (C=O) groups excluding carboxylic acids is 3. The van der Waals surface area contributed by atoms with Gasteiger partial charge in [-0.3, -0.25) is 19.4 Å². The van der Waals surface area contributed by atoms with E-state index in [9.17, 15) is 27.6 Å². The van der Waals surface area contributed by atoms with Crippen LogP contribution in [-0.4, -0.2) is 39.2 Å². The van der Waals surface area contributed by atoms with Crippen molar-refractivity contribution in [3.05, 3.63) is 41.4 Å². The number of hydrogen-bond acceptors (Lipinski definition) is 4. The molecule has 0 spiro atoms. The molecule has 35 heavy (non-hydrogen) atoms. The zero-order valence-corrected chi connectivity index (χ0v) is 20.2. The number of carbonyl (C=O) groups is 3. The summed E-state index contributed by atoms with van der Waals surface area (Å²) in [6, 6.07) is 3.29. The maximum Gasteiger partial charge on any atom is 0.425 e. The summed E-state index contributed by atoms with van der Waals surface area (Å²) >= 11 is 0. The van der Waals surface area contributed by atoms with Crippen LogP contribution in [-0.2, 0) is 20.9 Å². The van der Waals surface area contributed by atoms with Crippen LogP contribution in [0.15, 0.2) is 35.8 Å². The van der Waals surface area contributed by atoms with Crippen LogP contribution in [0.5, 0.6) is 0 Å². The molecule has 2 aliphatic carbocycles. The number of halogens is 3. The van der Waals surface area contributed by atoms with Gasteiger partial charge in [0.2, 0.25) is 11.4 Å². The normalized spacial score (nSPS) is 25.1. The molecule has 1 aromatic rings. The van der Waals surface area contributed by atoms with E-state index in [1.165, 1.54) is 12.4 Å². The zero-order chi connectivity index (χ0) is 25.4. The zero-order valence-electron chi connectivity index (χ0n) is 20.2. The number of pyridine rings is 1. The molecule has 3 aliphatic rings. The Balaban J connectivity index is 1.70. The molecular formula is C26H32F3N3O3. The summed E-state index contributed by atoms with van der Waals surface area (Å²) < 4.78 is 44.4. The average molecular weight is 492 g/mol. The van der Waals surface area contributed by atoms with Gasteiger partial charge in [0, 0.05) is 30.9 Å². The minimum absolute atomic E-state index is 0.0463. The van der Waals surface area contributed by atoms with Gasteiger partial charge in [0.1, 0.15) is 0 Å². The minimum atomic E-state index is -5.17. The lowest BCUT2D eigenvalue weighted by molar-refractivity contribution is -0.194. The van der Waals surface area contributed by atoms with Gasteiger partial charge in [0.25, 0.3) is 5.91 Å². The van der Waals surface area contributed by atoms with Crippen LogP contribution < -0.4 is 5.32 Å². The van der Waals surface area contributed by atoms with Crippen molar-refractivity contribution < 1.29 is 27.6 Å². The molecule has 6 nitrogen and oxygen atoms in total. The lowest BCUT2D eigenvalue weighted by Crippen LogP contribution is -2.66. The fraction of sp³-hybridized carbons (Fsp3) is 0.615. The third kappa shape index (κ3) is 4.86. The maximum atomic E-state index is 14.8. The van der Waals surface area contributed by atoms with Gasteiger partial charge < -0.3 is 10.2 Å². The fourth-order valence-electron chi connectivity index (χ4n) is 5.75. The number of amides is 2. The first kappa shape index (κ1) is 25.4. The molecule has 2 amide bonds. The molecule has 1 aliphatic heterocycles. The average Bonchev–Trinajstić information content (AvgIpc) is 3.01. The Morgan fingerprint density at radius 3 is 2.51 bits per heavy atom. The summed E-state index contributed by atoms with van der Waals surface area (Å²) in [6.45, 7) is 3.42. The predicted octanol–water partition coefficient (Wildman–Crippen LogP) is 4.84. The fourth-order valence-corrected chi connectivity index (χ4v) is 5.75. The van der Waals surface area contributed by atoms with E-state index in [2.05, 4.69) is 4.98 Å². The number of aromatic nitrogens is 1. The van der Waals surface area contributed by atoms with Crippen molar-refractivity contribution in [2.75, 3.05) is 0 Å². The van der Waals surface area contributed by atoms with Crippen molar-refractivity contribution in [2.45, 2.75) is 89.9 Å². The highest BCUT2D eigenvalue weighted by atomic mass is 19.4. The predicted molar refractivity (Wildman–Crippen MR) is 123 cm³/mol. The first-order valence-electron chi connectivity index (χ1n) is 12.3. The molecular weight excluding hydrogens is 459 g/mol. The van der Waals surface area contributed by atoms with E-state index >= 15 is 0 Å². The molecule has 0 radical (unpaired) electrons. The molecule has 1 fully saturated rings. The smallest absolute Gasteiger partial charge is 0.330 e. The van der Waals surface area contributed by atoms with E-state index in [1.54, 1.807) is 26.0 Å². The van der Waals surface area contributed by atoms with Gasteiger partial charge >= 0.3 is 6.18 Å². The molecule has 0 aromatic carbocycles. The second-order valence-corrected chi connectivity index (χ2v) is 10.9. The topological polar surface area (TPSA) is 79.4 Å². The molecule has 1 atom stereocenters. The van der Waals surface area contributed by atoms with E-state index in [4.69, 9.17) is 0 Å². The molecule has 4 rings (SSSR count). The Kier molecular flexibility index (Phi) is 6.81. The number of nitrogens with zero attached hydrogens (tertiary/aromatic N) is 2. The summed E-state index contributed by atoms with van der Waals surface area (Å²) in [7, 11) is 0. The third-order valence-electron chi connectivity index (χ3n) is 7.44. The first-order chi connectivity index (χ1) is 16.4. The van der Waals surface area contributed by atoms with Crippen molar-refractivity contribution >= 4 is 17.6 Å². The summed E-state index contributed by atoms with van der Waals surface area (Å²) in [6.07, 6.45) is 3.34. The molecule has 9 heteroatoms. The van der Waals surface area contributed by atoms with E-state index < -0.39 is 40.3 Å². The van der Waals surface area contributed by atoms with Gasteiger partial charge in [0.05, 0.1) is 12.1 Å². The number of nitrogens with one attached hydrogen (secondary N) is 1. The van der Waals surface area contributed by atoms with Crippen LogP contribution in [0.4, 0.5) is 13.2 Å². The van der Waals surface area contributed by atoms with Crippen LogP contribution in [0.25, 0.3) is 0 Å². The van der Waals surface area contributed by atoms with Crippen molar-refractivity contribution in [3.8, 4) is 0 Å². The molecule has 1 saturated carbocycles. The lowest BCUT2D eigenvalue weighted by atomic mass is 9.72. The molecule has 2 heterocycles. The van der Waals surface area contributed by atoms with Crippen molar-refractivity contribution in [1.82, 2.24) is 15.2 Å². The third-order valence-corrected chi connectivity index (χ3v) is 7.44. The minimum Gasteiger partial charge on any atom is -0.330 e. The highest BCUT2D eigenvalue weighted by Crippen LogP contribution is 2.52. The number of alkyl halides is 3. The maximum absolute atomic E-state index is 14.8. The lowest BCUT2D eigenvalue weighted by Gasteiger charge is -2.35. The quantitative estimate of drug-likeness (QED) is 0.617. The number of ketones is 1. The summed E-state index contributed by atoms with van der Waals surface area (Å²) in [5, 5.41) is 2.04. The van der Waals surface area contributed by atoms with Gasteiger partial charge in [-0.05, 0) is 35.8 Å². The van der Waals surface area contributed by atoms with Gasteiger partial charge in [-0.2, -0.15) is 13.2 Å². The Morgan fingerprint density at radius 2 is 1.89 bits per heavy atom. The molecule has 1 aromatic heterocycles. The number of rotatable bonds is 6. The monoisotopic (exact) mass is 491 g/mol. The van der Waals surface area contributed by atoms with Crippen LogP contribution >= 0.6 is 0 Å². The van der Waals surface area contributed by atoms with Crippen LogP contribution in [0.3, 0.4) is 0 Å². The standard InChI is InChI=1S/C26H32F3N3O3/c1-24(2)13-19-22(20(33)14-24)25(26(27,28)29,23(35)32(19)16-18-9-6-12-30-15-18)31-21(34)11-10-17-7-4-3-5-8-17/h6,9,12,15,17H,3-5,7-8,10-11,13-14,16H2,1-2H3,(H,31,34)/t25-/m1/s1. The van der Waals surface area contributed by atoms with E-state index in [0.717, 1.165) is 37.0 Å². The van der Waals surface area contributed by atoms with Gasteiger partial charge in [-0.15, -0.1) is 0 Å². The first-order valence-corrected chi connectivity index (χ1v) is 12.3.